The van der Waals surface area contributed by atoms with Gasteiger partial charge in [-0.05, 0) is 18.2 Å². The van der Waals surface area contributed by atoms with Crippen molar-refractivity contribution >= 4 is 21.9 Å². The second kappa shape index (κ2) is 4.67. The lowest BCUT2D eigenvalue weighted by Gasteiger charge is -2.18. The van der Waals surface area contributed by atoms with Crippen molar-refractivity contribution in [2.24, 2.45) is 0 Å². The van der Waals surface area contributed by atoms with Crippen LogP contribution in [0.3, 0.4) is 0 Å². The highest BCUT2D eigenvalue weighted by molar-refractivity contribution is 9.10. The summed E-state index contributed by atoms with van der Waals surface area (Å²) in [6, 6.07) is 5.19. The molecule has 7 heteroatoms. The molecule has 0 bridgehead atoms. The van der Waals surface area contributed by atoms with Crippen LogP contribution >= 0.6 is 15.9 Å². The van der Waals surface area contributed by atoms with Crippen LogP contribution in [0.1, 0.15) is 16.1 Å². The van der Waals surface area contributed by atoms with Gasteiger partial charge in [-0.1, -0.05) is 15.9 Å². The summed E-state index contributed by atoms with van der Waals surface area (Å²) in [5.74, 6) is -0.318. The Bertz CT molecular complexity index is 653. The summed E-state index contributed by atoms with van der Waals surface area (Å²) in [5.41, 5.74) is 2.30. The van der Waals surface area contributed by atoms with Crippen LogP contribution in [-0.4, -0.2) is 28.1 Å². The number of carbonyl (C=O) groups is 1. The molecule has 1 aliphatic rings. The van der Waals surface area contributed by atoms with E-state index in [2.05, 4.69) is 26.1 Å². The molecule has 0 aliphatic carbocycles. The number of ether oxygens (including phenoxy) is 2. The largest absolute Gasteiger partial charge is 0.477 e. The molecule has 2 N–H and O–H groups in total. The maximum absolute atomic E-state index is 10.8. The topological polar surface area (TPSA) is 84.4 Å². The number of aromatic amines is 1. The monoisotopic (exact) mass is 324 g/mol. The number of aromatic carboxylic acids is 1. The fraction of sp³-hybridized carbons (Fsp3) is 0.167. The maximum Gasteiger partial charge on any atom is 0.353 e. The van der Waals surface area contributed by atoms with Gasteiger partial charge in [0.05, 0.1) is 12.3 Å². The molecule has 0 unspecified atom stereocenters. The summed E-state index contributed by atoms with van der Waals surface area (Å²) in [7, 11) is 0. The molecular weight excluding hydrogens is 316 g/mol. The van der Waals surface area contributed by atoms with Gasteiger partial charge in [-0.25, -0.2) is 4.79 Å². The van der Waals surface area contributed by atoms with Crippen LogP contribution in [-0.2, 0) is 11.3 Å². The SMILES string of the molecule is O=C(O)c1cc(-c2cc3c(cc2Br)COCO3)n[nH]1. The molecular formula is C12H9BrN2O4. The van der Waals surface area contributed by atoms with E-state index in [1.54, 1.807) is 0 Å². The van der Waals surface area contributed by atoms with Crippen molar-refractivity contribution in [2.45, 2.75) is 6.61 Å². The number of benzene rings is 1. The van der Waals surface area contributed by atoms with E-state index >= 15 is 0 Å². The van der Waals surface area contributed by atoms with Gasteiger partial charge in [0, 0.05) is 15.6 Å². The number of hydrogen-bond acceptors (Lipinski definition) is 4. The highest BCUT2D eigenvalue weighted by Gasteiger charge is 2.17. The summed E-state index contributed by atoms with van der Waals surface area (Å²) < 4.78 is 11.4. The molecule has 0 spiro atoms. The lowest BCUT2D eigenvalue weighted by atomic mass is 10.1. The predicted octanol–water partition coefficient (Wildman–Crippen LogP) is 2.40. The number of carboxylic acid groups (broad SMARTS) is 1. The Kier molecular flexibility index (Phi) is 3.00. The van der Waals surface area contributed by atoms with Crippen molar-refractivity contribution in [1.29, 1.82) is 0 Å². The molecule has 3 rings (SSSR count). The van der Waals surface area contributed by atoms with Gasteiger partial charge in [0.15, 0.2) is 6.79 Å². The molecule has 1 aromatic heterocycles. The molecule has 1 aliphatic heterocycles. The summed E-state index contributed by atoms with van der Waals surface area (Å²) in [6.45, 7) is 0.712. The molecule has 98 valence electrons. The number of carboxylic acids is 1. The molecule has 2 heterocycles. The molecule has 1 aromatic carbocycles. The second-order valence-corrected chi connectivity index (χ2v) is 4.88. The molecule has 0 saturated carbocycles. The summed E-state index contributed by atoms with van der Waals surface area (Å²) in [4.78, 5) is 10.8. The number of halogens is 1. The van der Waals surface area contributed by atoms with E-state index < -0.39 is 5.97 Å². The molecule has 0 atom stereocenters. The number of H-pyrrole nitrogens is 1. The fourth-order valence-corrected chi connectivity index (χ4v) is 2.46. The number of aromatic nitrogens is 2. The summed E-state index contributed by atoms with van der Waals surface area (Å²) >= 11 is 3.45. The zero-order valence-electron chi connectivity index (χ0n) is 9.64. The Hall–Kier alpha value is -1.86. The van der Waals surface area contributed by atoms with Crippen molar-refractivity contribution in [3.05, 3.63) is 33.9 Å². The first-order chi connectivity index (χ1) is 9.15. The van der Waals surface area contributed by atoms with Gasteiger partial charge >= 0.3 is 5.97 Å². The number of nitrogens with one attached hydrogen (secondary N) is 1. The standard InChI is InChI=1S/C12H9BrN2O4/c13-8-1-6-4-18-5-19-11(6)2-7(8)9-3-10(12(16)17)15-14-9/h1-3H,4-5H2,(H,14,15)(H,16,17). The summed E-state index contributed by atoms with van der Waals surface area (Å²) in [6.07, 6.45) is 0. The smallest absolute Gasteiger partial charge is 0.353 e. The average molecular weight is 325 g/mol. The van der Waals surface area contributed by atoms with Gasteiger partial charge < -0.3 is 14.6 Å². The van der Waals surface area contributed by atoms with Crippen LogP contribution in [0.4, 0.5) is 0 Å². The van der Waals surface area contributed by atoms with Crippen LogP contribution in [0, 0.1) is 0 Å². The molecule has 6 nitrogen and oxygen atoms in total. The maximum atomic E-state index is 10.8. The van der Waals surface area contributed by atoms with Crippen molar-refractivity contribution in [2.75, 3.05) is 6.79 Å². The van der Waals surface area contributed by atoms with Gasteiger partial charge in [-0.15, -0.1) is 0 Å². The van der Waals surface area contributed by atoms with Crippen LogP contribution in [0.25, 0.3) is 11.3 Å². The lowest BCUT2D eigenvalue weighted by Crippen LogP contribution is -2.11. The molecule has 0 saturated heterocycles. The van der Waals surface area contributed by atoms with Crippen molar-refractivity contribution < 1.29 is 19.4 Å². The van der Waals surface area contributed by atoms with Gasteiger partial charge in [0.1, 0.15) is 11.4 Å². The van der Waals surface area contributed by atoms with Gasteiger partial charge in [-0.3, -0.25) is 5.10 Å². The van der Waals surface area contributed by atoms with Gasteiger partial charge in [0.25, 0.3) is 0 Å². The van der Waals surface area contributed by atoms with Crippen molar-refractivity contribution in [3.8, 4) is 17.0 Å². The average Bonchev–Trinajstić information content (AvgIpc) is 2.87. The minimum atomic E-state index is -1.04. The van der Waals surface area contributed by atoms with E-state index in [0.717, 1.165) is 21.3 Å². The van der Waals surface area contributed by atoms with E-state index in [9.17, 15) is 4.79 Å². The first-order valence-corrected chi connectivity index (χ1v) is 6.26. The zero-order chi connectivity index (χ0) is 13.4. The second-order valence-electron chi connectivity index (χ2n) is 4.02. The Morgan fingerprint density at radius 2 is 2.26 bits per heavy atom. The number of fused-ring (bicyclic) bond motifs is 1. The Morgan fingerprint density at radius 3 is 3.00 bits per heavy atom. The fourth-order valence-electron chi connectivity index (χ4n) is 1.86. The molecule has 0 fully saturated rings. The zero-order valence-corrected chi connectivity index (χ0v) is 11.2. The van der Waals surface area contributed by atoms with E-state index in [4.69, 9.17) is 14.6 Å². The minimum absolute atomic E-state index is 0.0453. The highest BCUT2D eigenvalue weighted by Crippen LogP contribution is 2.35. The van der Waals surface area contributed by atoms with Crippen LogP contribution < -0.4 is 4.74 Å². The quantitative estimate of drug-likeness (QED) is 0.886. The first-order valence-electron chi connectivity index (χ1n) is 5.47. The Morgan fingerprint density at radius 1 is 1.42 bits per heavy atom. The van der Waals surface area contributed by atoms with E-state index in [1.807, 2.05) is 12.1 Å². The van der Waals surface area contributed by atoms with Crippen LogP contribution in [0.15, 0.2) is 22.7 Å². The minimum Gasteiger partial charge on any atom is -0.477 e. The number of hydrogen-bond donors (Lipinski definition) is 2. The molecule has 0 radical (unpaired) electrons. The molecule has 19 heavy (non-hydrogen) atoms. The molecule has 0 amide bonds. The first kappa shape index (κ1) is 12.2. The van der Waals surface area contributed by atoms with Gasteiger partial charge in [-0.2, -0.15) is 5.10 Å². The highest BCUT2D eigenvalue weighted by atomic mass is 79.9. The number of rotatable bonds is 2. The van der Waals surface area contributed by atoms with Crippen LogP contribution in [0.5, 0.6) is 5.75 Å². The van der Waals surface area contributed by atoms with E-state index in [0.29, 0.717) is 12.3 Å². The lowest BCUT2D eigenvalue weighted by molar-refractivity contribution is -0.0163. The Balaban J connectivity index is 2.06. The summed E-state index contributed by atoms with van der Waals surface area (Å²) in [5, 5.41) is 15.4. The van der Waals surface area contributed by atoms with Crippen molar-refractivity contribution in [1.82, 2.24) is 10.2 Å². The predicted molar refractivity (Wildman–Crippen MR) is 69.0 cm³/mol. The third-order valence-electron chi connectivity index (χ3n) is 2.79. The van der Waals surface area contributed by atoms with Crippen molar-refractivity contribution in [3.63, 3.8) is 0 Å². The van der Waals surface area contributed by atoms with Crippen LogP contribution in [0.2, 0.25) is 0 Å². The van der Waals surface area contributed by atoms with E-state index in [1.165, 1.54) is 6.07 Å². The van der Waals surface area contributed by atoms with E-state index in [-0.39, 0.29) is 12.5 Å². The normalized spacial score (nSPS) is 13.7. The Labute approximate surface area is 116 Å². The third kappa shape index (κ3) is 2.22. The number of nitrogens with zero attached hydrogens (tertiary/aromatic N) is 1. The van der Waals surface area contributed by atoms with Gasteiger partial charge in [0.2, 0.25) is 0 Å². The molecule has 2 aromatic rings. The third-order valence-corrected chi connectivity index (χ3v) is 3.45.